The molecule has 0 spiro atoms. The summed E-state index contributed by atoms with van der Waals surface area (Å²) in [6.45, 7) is 10.2. The molecule has 19 heteroatoms. The Morgan fingerprint density at radius 3 is 2.02 bits per heavy atom. The Hall–Kier alpha value is -6.08. The van der Waals surface area contributed by atoms with Gasteiger partial charge in [-0.05, 0) is 38.2 Å². The van der Waals surface area contributed by atoms with Crippen molar-refractivity contribution in [2.45, 2.75) is 96.1 Å². The summed E-state index contributed by atoms with van der Waals surface area (Å²) in [6, 6.07) is 2.77. The monoisotopic (exact) mass is 842 g/mol. The quantitative estimate of drug-likeness (QED) is 0.0192. The van der Waals surface area contributed by atoms with Gasteiger partial charge in [0.05, 0.1) is 17.9 Å². The van der Waals surface area contributed by atoms with E-state index in [1.54, 1.807) is 19.3 Å². The number of aliphatic imine (C=N–C) groups is 1. The molecule has 1 aromatic carbocycles. The van der Waals surface area contributed by atoms with Gasteiger partial charge >= 0.3 is 17.9 Å². The van der Waals surface area contributed by atoms with E-state index < -0.39 is 90.0 Å². The van der Waals surface area contributed by atoms with E-state index in [1.807, 2.05) is 50.3 Å². The van der Waals surface area contributed by atoms with Crippen molar-refractivity contribution in [1.29, 1.82) is 0 Å². The molecular formula is C41H62N8O11. The van der Waals surface area contributed by atoms with Gasteiger partial charge in [-0.25, -0.2) is 9.59 Å². The van der Waals surface area contributed by atoms with Crippen LogP contribution in [0.25, 0.3) is 0 Å². The molecule has 0 fully saturated rings. The number of carbonyl (C=O) groups is 7. The number of methoxy groups -OCH3 is 1. The second kappa shape index (κ2) is 26.1. The van der Waals surface area contributed by atoms with E-state index in [1.165, 1.54) is 14.0 Å². The number of rotatable bonds is 27. The molecule has 9 atom stereocenters. The maximum atomic E-state index is 13.8. The smallest absolute Gasteiger partial charge is 0.327 e. The summed E-state index contributed by atoms with van der Waals surface area (Å²) in [7, 11) is 2.82. The second-order valence-corrected chi connectivity index (χ2v) is 14.5. The van der Waals surface area contributed by atoms with Crippen molar-refractivity contribution in [2.24, 2.45) is 39.9 Å². The van der Waals surface area contributed by atoms with Crippen molar-refractivity contribution in [1.82, 2.24) is 20.9 Å². The molecule has 1 aromatic rings. The Labute approximate surface area is 350 Å². The Morgan fingerprint density at radius 1 is 0.883 bits per heavy atom. The lowest BCUT2D eigenvalue weighted by Crippen LogP contribution is -2.58. The van der Waals surface area contributed by atoms with Crippen LogP contribution < -0.4 is 33.2 Å². The van der Waals surface area contributed by atoms with Crippen LogP contribution in [-0.2, 0) is 44.7 Å². The number of carbonyl (C=O) groups excluding carboxylic acids is 4. The molecule has 332 valence electrons. The molecule has 1 rings (SSSR count). The fourth-order valence-corrected chi connectivity index (χ4v) is 6.02. The summed E-state index contributed by atoms with van der Waals surface area (Å²) >= 11 is 0. The first-order valence-electron chi connectivity index (χ1n) is 19.4. The zero-order chi connectivity index (χ0) is 45.7. The highest BCUT2D eigenvalue weighted by Crippen LogP contribution is 2.18. The van der Waals surface area contributed by atoms with Gasteiger partial charge in [-0.2, -0.15) is 0 Å². The molecule has 0 bridgehead atoms. The Morgan fingerprint density at radius 2 is 1.48 bits per heavy atom. The predicted molar refractivity (Wildman–Crippen MR) is 224 cm³/mol. The van der Waals surface area contributed by atoms with Crippen molar-refractivity contribution in [3.05, 3.63) is 72.4 Å². The first kappa shape index (κ1) is 51.9. The number of nitrogens with two attached hydrogens (primary N) is 3. The summed E-state index contributed by atoms with van der Waals surface area (Å²) in [5.41, 5.74) is 18.9. The van der Waals surface area contributed by atoms with Crippen molar-refractivity contribution >= 4 is 47.5 Å². The van der Waals surface area contributed by atoms with E-state index in [2.05, 4.69) is 27.5 Å². The summed E-state index contributed by atoms with van der Waals surface area (Å²) in [5, 5.41) is 35.9. The van der Waals surface area contributed by atoms with E-state index >= 15 is 0 Å². The van der Waals surface area contributed by atoms with Gasteiger partial charge in [-0.3, -0.25) is 29.0 Å². The van der Waals surface area contributed by atoms with E-state index in [0.29, 0.717) is 6.42 Å². The maximum Gasteiger partial charge on any atom is 0.327 e. The van der Waals surface area contributed by atoms with Crippen LogP contribution in [0.15, 0.2) is 71.8 Å². The van der Waals surface area contributed by atoms with E-state index in [-0.39, 0.29) is 43.8 Å². The highest BCUT2D eigenvalue weighted by atomic mass is 16.5. The van der Waals surface area contributed by atoms with Crippen molar-refractivity contribution in [3.63, 3.8) is 0 Å². The molecule has 0 saturated heterocycles. The standard InChI is InChI=1S/C41H62N8O11/c1-8-31(37(54)48-34(40(58)59)26(5)36(53)47-30(39(56)57)15-12-20-45-41(43)44)49(6)38(55)29(18-19-33(50)51)46-35(52)25(4)28(42)17-16-23(2)21-24(3)32(60-7)22-27-13-10-9-11-14-27/h8-11,13-14,16-17,21,24-26,28-32,34H,1,12,15,18-20,22,42H2,2-7H3,(H,46,52)(H,47,53)(H,48,54)(H,50,51)(H,56,57)(H,58,59)(H4,43,44,45). The number of allylic oxidation sites excluding steroid dienone is 2. The summed E-state index contributed by atoms with van der Waals surface area (Å²) in [6.07, 6.45) is 6.23. The van der Waals surface area contributed by atoms with Gasteiger partial charge < -0.3 is 58.1 Å². The number of carboxylic acid groups (broad SMARTS) is 3. The average molecular weight is 843 g/mol. The Bertz CT molecular complexity index is 1730. The molecule has 0 radical (unpaired) electrons. The molecule has 0 aliphatic carbocycles. The van der Waals surface area contributed by atoms with Gasteiger partial charge in [0, 0.05) is 39.1 Å². The van der Waals surface area contributed by atoms with Crippen LogP contribution in [0.3, 0.4) is 0 Å². The third kappa shape index (κ3) is 17.8. The molecule has 60 heavy (non-hydrogen) atoms. The van der Waals surface area contributed by atoms with E-state index in [4.69, 9.17) is 21.9 Å². The fraction of sp³-hybridized carbons (Fsp3) is 0.512. The molecule has 0 saturated carbocycles. The van der Waals surface area contributed by atoms with Gasteiger partial charge in [0.25, 0.3) is 0 Å². The predicted octanol–water partition coefficient (Wildman–Crippen LogP) is 0.537. The normalized spacial score (nSPS) is 16.0. The Kier molecular flexibility index (Phi) is 22.6. The zero-order valence-electron chi connectivity index (χ0n) is 35.1. The van der Waals surface area contributed by atoms with Crippen LogP contribution in [0.4, 0.5) is 0 Å². The van der Waals surface area contributed by atoms with Gasteiger partial charge in [0.15, 0.2) is 5.96 Å². The zero-order valence-corrected chi connectivity index (χ0v) is 35.1. The average Bonchev–Trinajstić information content (AvgIpc) is 3.19. The minimum absolute atomic E-state index is 0.0325. The molecule has 12 N–H and O–H groups in total. The summed E-state index contributed by atoms with van der Waals surface area (Å²) in [5.74, 6) is -10.6. The highest BCUT2D eigenvalue weighted by molar-refractivity contribution is 5.96. The van der Waals surface area contributed by atoms with Crippen molar-refractivity contribution < 1.29 is 53.6 Å². The van der Waals surface area contributed by atoms with Gasteiger partial charge in [-0.15, -0.1) is 6.58 Å². The number of hydrogen-bond acceptors (Lipinski definition) is 10. The minimum atomic E-state index is -1.89. The third-order valence-corrected chi connectivity index (χ3v) is 9.82. The first-order chi connectivity index (χ1) is 28.1. The van der Waals surface area contributed by atoms with Gasteiger partial charge in [0.2, 0.25) is 23.6 Å². The summed E-state index contributed by atoms with van der Waals surface area (Å²) in [4.78, 5) is 93.7. The van der Waals surface area contributed by atoms with Gasteiger partial charge in [0.1, 0.15) is 24.2 Å². The molecule has 19 nitrogen and oxygen atoms in total. The number of carboxylic acids is 3. The maximum absolute atomic E-state index is 13.8. The van der Waals surface area contributed by atoms with Crippen molar-refractivity contribution in [3.8, 4) is 0 Å². The van der Waals surface area contributed by atoms with E-state index in [0.717, 1.165) is 29.0 Å². The van der Waals surface area contributed by atoms with Crippen molar-refractivity contribution in [2.75, 3.05) is 20.7 Å². The van der Waals surface area contributed by atoms with Gasteiger partial charge in [-0.1, -0.05) is 81.0 Å². The van der Waals surface area contributed by atoms with E-state index in [9.17, 15) is 48.9 Å². The molecule has 0 aliphatic heterocycles. The molecule has 4 amide bonds. The highest BCUT2D eigenvalue weighted by Gasteiger charge is 2.37. The summed E-state index contributed by atoms with van der Waals surface area (Å²) < 4.78 is 5.73. The number of hydrogen-bond donors (Lipinski definition) is 9. The third-order valence-electron chi connectivity index (χ3n) is 9.82. The molecule has 9 unspecified atom stereocenters. The van der Waals surface area contributed by atoms with Crippen LogP contribution in [-0.4, -0.2) is 125 Å². The number of ether oxygens (including phenoxy) is 1. The molecule has 0 heterocycles. The number of guanidine groups is 1. The first-order valence-corrected chi connectivity index (χ1v) is 19.4. The number of aliphatic carboxylic acids is 3. The second-order valence-electron chi connectivity index (χ2n) is 14.5. The minimum Gasteiger partial charge on any atom is -0.481 e. The number of benzene rings is 1. The Balaban J connectivity index is 3.10. The largest absolute Gasteiger partial charge is 0.481 e. The van der Waals surface area contributed by atoms with Crippen LogP contribution in [0, 0.1) is 17.8 Å². The SMILES string of the molecule is C=CC(C(=O)NC(C(=O)O)C(C)C(=O)NC(CCCN=C(N)N)C(=O)O)N(C)C(=O)C(CCC(=O)O)NC(=O)C(C)C(N)C=CC(C)=CC(C)C(Cc1ccccc1)OC. The van der Waals surface area contributed by atoms with Crippen LogP contribution in [0.1, 0.15) is 58.9 Å². The number of nitrogens with one attached hydrogen (secondary N) is 3. The lowest BCUT2D eigenvalue weighted by atomic mass is 9.95. The lowest BCUT2D eigenvalue weighted by Gasteiger charge is -2.31. The molecular weight excluding hydrogens is 780 g/mol. The van der Waals surface area contributed by atoms with Crippen LogP contribution in [0.2, 0.25) is 0 Å². The lowest BCUT2D eigenvalue weighted by molar-refractivity contribution is -0.148. The number of nitrogens with zero attached hydrogens (tertiary/aromatic N) is 2. The fourth-order valence-electron chi connectivity index (χ4n) is 6.02. The van der Waals surface area contributed by atoms with Crippen LogP contribution >= 0.6 is 0 Å². The molecule has 0 aliphatic rings. The molecule has 0 aromatic heterocycles. The van der Waals surface area contributed by atoms with Crippen LogP contribution in [0.5, 0.6) is 0 Å². The number of amides is 4. The number of likely N-dealkylation sites (N-methyl/N-ethyl adjacent to an activating group) is 1. The topological polar surface area (TPSA) is 319 Å².